The predicted octanol–water partition coefficient (Wildman–Crippen LogP) is 3.15. The quantitative estimate of drug-likeness (QED) is 0.924. The zero-order valence-electron chi connectivity index (χ0n) is 11.1. The third kappa shape index (κ3) is 3.36. The SMILES string of the molecule is Cc1ccccc1C(=O)Nc1cccc(OCC#N)c1. The van der Waals surface area contributed by atoms with Crippen LogP contribution in [0, 0.1) is 18.3 Å². The van der Waals surface area contributed by atoms with E-state index in [2.05, 4.69) is 5.32 Å². The van der Waals surface area contributed by atoms with Crippen LogP contribution in [-0.4, -0.2) is 12.5 Å². The van der Waals surface area contributed by atoms with E-state index < -0.39 is 0 Å². The normalized spacial score (nSPS) is 9.60. The van der Waals surface area contributed by atoms with E-state index in [1.54, 1.807) is 30.3 Å². The minimum absolute atomic E-state index is 0.0187. The lowest BCUT2D eigenvalue weighted by atomic mass is 10.1. The Labute approximate surface area is 117 Å². The van der Waals surface area contributed by atoms with Crippen molar-refractivity contribution in [3.63, 3.8) is 0 Å². The van der Waals surface area contributed by atoms with Crippen molar-refractivity contribution in [1.82, 2.24) is 0 Å². The third-order valence-electron chi connectivity index (χ3n) is 2.78. The molecule has 4 nitrogen and oxygen atoms in total. The van der Waals surface area contributed by atoms with Crippen LogP contribution in [-0.2, 0) is 0 Å². The maximum Gasteiger partial charge on any atom is 0.255 e. The highest BCUT2D eigenvalue weighted by Gasteiger charge is 2.08. The zero-order valence-corrected chi connectivity index (χ0v) is 11.1. The minimum Gasteiger partial charge on any atom is -0.479 e. The lowest BCUT2D eigenvalue weighted by Gasteiger charge is -2.09. The Morgan fingerprint density at radius 3 is 2.80 bits per heavy atom. The van der Waals surface area contributed by atoms with Crippen LogP contribution in [0.25, 0.3) is 0 Å². The van der Waals surface area contributed by atoms with E-state index in [-0.39, 0.29) is 12.5 Å². The molecule has 0 unspecified atom stereocenters. The number of aryl methyl sites for hydroxylation is 1. The molecule has 4 heteroatoms. The highest BCUT2D eigenvalue weighted by molar-refractivity contribution is 6.05. The summed E-state index contributed by atoms with van der Waals surface area (Å²) in [5, 5.41) is 11.3. The fourth-order valence-electron chi connectivity index (χ4n) is 1.81. The van der Waals surface area contributed by atoms with Crippen molar-refractivity contribution in [3.05, 3.63) is 59.7 Å². The summed E-state index contributed by atoms with van der Waals surface area (Å²) >= 11 is 0. The van der Waals surface area contributed by atoms with Gasteiger partial charge in [0.1, 0.15) is 11.8 Å². The zero-order chi connectivity index (χ0) is 14.4. The van der Waals surface area contributed by atoms with Gasteiger partial charge in [-0.3, -0.25) is 4.79 Å². The number of nitrogens with zero attached hydrogens (tertiary/aromatic N) is 1. The number of amides is 1. The smallest absolute Gasteiger partial charge is 0.255 e. The fraction of sp³-hybridized carbons (Fsp3) is 0.125. The predicted molar refractivity (Wildman–Crippen MR) is 76.7 cm³/mol. The molecule has 0 saturated carbocycles. The van der Waals surface area contributed by atoms with Crippen molar-refractivity contribution in [1.29, 1.82) is 5.26 Å². The van der Waals surface area contributed by atoms with Crippen LogP contribution in [0.5, 0.6) is 5.75 Å². The van der Waals surface area contributed by atoms with Gasteiger partial charge < -0.3 is 10.1 Å². The molecule has 0 heterocycles. The van der Waals surface area contributed by atoms with Crippen molar-refractivity contribution in [2.45, 2.75) is 6.92 Å². The van der Waals surface area contributed by atoms with Crippen LogP contribution in [0.4, 0.5) is 5.69 Å². The first kappa shape index (κ1) is 13.6. The summed E-state index contributed by atoms with van der Waals surface area (Å²) in [7, 11) is 0. The number of nitrogens with one attached hydrogen (secondary N) is 1. The number of carbonyl (C=O) groups is 1. The Hall–Kier alpha value is -2.80. The standard InChI is InChI=1S/C16H14N2O2/c1-12-5-2-3-8-15(12)16(19)18-13-6-4-7-14(11-13)20-10-9-17/h2-8,11H,10H2,1H3,(H,18,19). The van der Waals surface area contributed by atoms with Gasteiger partial charge >= 0.3 is 0 Å². The Bertz CT molecular complexity index is 660. The number of carbonyl (C=O) groups excluding carboxylic acids is 1. The molecule has 2 aromatic rings. The van der Waals surface area contributed by atoms with Crippen LogP contribution in [0.3, 0.4) is 0 Å². The van der Waals surface area contributed by atoms with Crippen molar-refractivity contribution < 1.29 is 9.53 Å². The first-order valence-corrected chi connectivity index (χ1v) is 6.17. The van der Waals surface area contributed by atoms with Crippen molar-refractivity contribution in [3.8, 4) is 11.8 Å². The average Bonchev–Trinajstić information content (AvgIpc) is 2.46. The molecule has 0 aliphatic rings. The molecule has 1 amide bonds. The Kier molecular flexibility index (Phi) is 4.35. The number of anilines is 1. The number of benzene rings is 2. The van der Waals surface area contributed by atoms with Gasteiger partial charge in [-0.25, -0.2) is 0 Å². The monoisotopic (exact) mass is 266 g/mol. The van der Waals surface area contributed by atoms with Crippen LogP contribution in [0.2, 0.25) is 0 Å². The lowest BCUT2D eigenvalue weighted by molar-refractivity contribution is 0.102. The fourth-order valence-corrected chi connectivity index (χ4v) is 1.81. The molecule has 2 aromatic carbocycles. The second-order valence-electron chi connectivity index (χ2n) is 4.24. The number of hydrogen-bond acceptors (Lipinski definition) is 3. The van der Waals surface area contributed by atoms with Crippen molar-refractivity contribution in [2.75, 3.05) is 11.9 Å². The molecule has 100 valence electrons. The topological polar surface area (TPSA) is 62.1 Å². The van der Waals surface area contributed by atoms with E-state index in [9.17, 15) is 4.79 Å². The van der Waals surface area contributed by atoms with Crippen molar-refractivity contribution >= 4 is 11.6 Å². The molecule has 0 radical (unpaired) electrons. The molecule has 0 spiro atoms. The maximum atomic E-state index is 12.2. The summed E-state index contributed by atoms with van der Waals surface area (Å²) in [6.45, 7) is 1.87. The summed E-state index contributed by atoms with van der Waals surface area (Å²) in [5.74, 6) is 0.384. The van der Waals surface area contributed by atoms with E-state index in [0.717, 1.165) is 5.56 Å². The molecule has 1 N–H and O–H groups in total. The van der Waals surface area contributed by atoms with E-state index >= 15 is 0 Å². The molecule has 2 rings (SSSR count). The molecule has 20 heavy (non-hydrogen) atoms. The molecular weight excluding hydrogens is 252 g/mol. The van der Waals surface area contributed by atoms with Crippen LogP contribution in [0.15, 0.2) is 48.5 Å². The second-order valence-corrected chi connectivity index (χ2v) is 4.24. The Balaban J connectivity index is 2.12. The van der Waals surface area contributed by atoms with Gasteiger partial charge in [0.2, 0.25) is 0 Å². The number of rotatable bonds is 4. The second kappa shape index (κ2) is 6.39. The highest BCUT2D eigenvalue weighted by atomic mass is 16.5. The third-order valence-corrected chi connectivity index (χ3v) is 2.78. The molecule has 0 aliphatic heterocycles. The van der Waals surface area contributed by atoms with Gasteiger partial charge in [-0.15, -0.1) is 0 Å². The molecule has 0 aromatic heterocycles. The summed E-state index contributed by atoms with van der Waals surface area (Å²) in [5.41, 5.74) is 2.19. The lowest BCUT2D eigenvalue weighted by Crippen LogP contribution is -2.13. The largest absolute Gasteiger partial charge is 0.479 e. The van der Waals surface area contributed by atoms with Gasteiger partial charge in [0.15, 0.2) is 6.61 Å². The first-order chi connectivity index (χ1) is 9.70. The van der Waals surface area contributed by atoms with Gasteiger partial charge in [0.25, 0.3) is 5.91 Å². The summed E-state index contributed by atoms with van der Waals surface area (Å²) in [6.07, 6.45) is 0. The van der Waals surface area contributed by atoms with Gasteiger partial charge in [-0.1, -0.05) is 24.3 Å². The molecule has 0 atom stereocenters. The summed E-state index contributed by atoms with van der Waals surface area (Å²) < 4.78 is 5.19. The van der Waals surface area contributed by atoms with Gasteiger partial charge in [-0.2, -0.15) is 5.26 Å². The Morgan fingerprint density at radius 1 is 1.25 bits per heavy atom. The van der Waals surface area contributed by atoms with Crippen LogP contribution < -0.4 is 10.1 Å². The molecule has 0 fully saturated rings. The molecule has 0 aliphatic carbocycles. The number of nitriles is 1. The number of ether oxygens (including phenoxy) is 1. The number of hydrogen-bond donors (Lipinski definition) is 1. The van der Waals surface area contributed by atoms with Crippen LogP contribution in [0.1, 0.15) is 15.9 Å². The van der Waals surface area contributed by atoms with Gasteiger partial charge in [0.05, 0.1) is 0 Å². The average molecular weight is 266 g/mol. The van der Waals surface area contributed by atoms with E-state index in [4.69, 9.17) is 10.00 Å². The molecular formula is C16H14N2O2. The van der Waals surface area contributed by atoms with Crippen LogP contribution >= 0.6 is 0 Å². The van der Waals surface area contributed by atoms with E-state index in [0.29, 0.717) is 17.0 Å². The minimum atomic E-state index is -0.166. The summed E-state index contributed by atoms with van der Waals surface area (Å²) in [6, 6.07) is 16.3. The van der Waals surface area contributed by atoms with E-state index in [1.165, 1.54) is 0 Å². The van der Waals surface area contributed by atoms with Crippen molar-refractivity contribution in [2.24, 2.45) is 0 Å². The maximum absolute atomic E-state index is 12.2. The highest BCUT2D eigenvalue weighted by Crippen LogP contribution is 2.18. The first-order valence-electron chi connectivity index (χ1n) is 6.17. The molecule has 0 bridgehead atoms. The van der Waals surface area contributed by atoms with Gasteiger partial charge in [-0.05, 0) is 30.7 Å². The Morgan fingerprint density at radius 2 is 2.05 bits per heavy atom. The molecule has 0 saturated heterocycles. The summed E-state index contributed by atoms with van der Waals surface area (Å²) in [4.78, 5) is 12.2. The van der Waals surface area contributed by atoms with E-state index in [1.807, 2.05) is 31.2 Å². The van der Waals surface area contributed by atoms with Gasteiger partial charge in [0, 0.05) is 17.3 Å².